The predicted octanol–water partition coefficient (Wildman–Crippen LogP) is 2.30. The van der Waals surface area contributed by atoms with Crippen LogP contribution in [0.3, 0.4) is 0 Å². The molecule has 0 bridgehead atoms. The highest BCUT2D eigenvalue weighted by Crippen LogP contribution is 2.32. The largest absolute Gasteiger partial charge is 0.273 e. The van der Waals surface area contributed by atoms with Crippen LogP contribution in [0.1, 0.15) is 19.8 Å². The number of carbonyl (C=O) groups is 1. The zero-order chi connectivity index (χ0) is 11.4. The number of hydrogen-bond acceptors (Lipinski definition) is 5. The lowest BCUT2D eigenvalue weighted by atomic mass is 10.3. The second-order valence-electron chi connectivity index (χ2n) is 3.40. The lowest BCUT2D eigenvalue weighted by Crippen LogP contribution is -2.31. The maximum atomic E-state index is 11.7. The first-order valence-electron chi connectivity index (χ1n) is 5.19. The summed E-state index contributed by atoms with van der Waals surface area (Å²) in [6.45, 7) is 2.14. The minimum absolute atomic E-state index is 0.0898. The summed E-state index contributed by atoms with van der Waals surface area (Å²) >= 11 is 3.04. The molecule has 1 amide bonds. The number of nitrogens with zero attached hydrogens (tertiary/aromatic N) is 3. The molecule has 1 atom stereocenters. The van der Waals surface area contributed by atoms with Gasteiger partial charge in [0.05, 0.1) is 5.75 Å². The molecule has 2 heterocycles. The fourth-order valence-corrected chi connectivity index (χ4v) is 3.17. The Morgan fingerprint density at radius 2 is 2.56 bits per heavy atom. The molecule has 0 radical (unpaired) electrons. The number of unbranched alkanes of at least 4 members (excludes halogenated alkanes) is 1. The lowest BCUT2D eigenvalue weighted by molar-refractivity contribution is -0.115. The van der Waals surface area contributed by atoms with E-state index in [1.165, 1.54) is 11.3 Å². The van der Waals surface area contributed by atoms with E-state index in [9.17, 15) is 4.79 Å². The highest BCUT2D eigenvalue weighted by atomic mass is 32.2. The Morgan fingerprint density at radius 1 is 1.69 bits per heavy atom. The Hall–Kier alpha value is -0.880. The van der Waals surface area contributed by atoms with E-state index in [-0.39, 0.29) is 11.3 Å². The van der Waals surface area contributed by atoms with E-state index in [1.807, 2.05) is 0 Å². The van der Waals surface area contributed by atoms with Crippen molar-refractivity contribution in [2.45, 2.75) is 25.1 Å². The molecule has 1 aromatic heterocycles. The SMILES string of the molecule is CCC/C=C/C1SCC(=O)N1c1nncs1. The summed E-state index contributed by atoms with van der Waals surface area (Å²) in [5.74, 6) is 0.647. The van der Waals surface area contributed by atoms with Gasteiger partial charge >= 0.3 is 0 Å². The Balaban J connectivity index is 2.10. The number of allylic oxidation sites excluding steroid dienone is 1. The summed E-state index contributed by atoms with van der Waals surface area (Å²) in [5.41, 5.74) is 1.65. The Labute approximate surface area is 103 Å². The average molecular weight is 255 g/mol. The van der Waals surface area contributed by atoms with E-state index in [0.29, 0.717) is 10.9 Å². The monoisotopic (exact) mass is 255 g/mol. The van der Waals surface area contributed by atoms with E-state index in [4.69, 9.17) is 0 Å². The smallest absolute Gasteiger partial charge is 0.240 e. The third-order valence-corrected chi connectivity index (χ3v) is 4.02. The average Bonchev–Trinajstić information content (AvgIpc) is 2.88. The van der Waals surface area contributed by atoms with E-state index >= 15 is 0 Å². The molecule has 1 unspecified atom stereocenters. The summed E-state index contributed by atoms with van der Waals surface area (Å²) in [4.78, 5) is 13.5. The quantitative estimate of drug-likeness (QED) is 0.774. The van der Waals surface area contributed by atoms with Crippen LogP contribution in [0.15, 0.2) is 17.7 Å². The molecule has 4 nitrogen and oxygen atoms in total. The van der Waals surface area contributed by atoms with Gasteiger partial charge < -0.3 is 0 Å². The Bertz CT molecular complexity index is 377. The van der Waals surface area contributed by atoms with Gasteiger partial charge in [-0.2, -0.15) is 0 Å². The standard InChI is InChI=1S/C10H13N3OS2/c1-2-3-4-5-9-13(8(14)6-15-9)10-12-11-7-16-10/h4-5,7,9H,2-3,6H2,1H3/b5-4+. The molecule has 1 aliphatic rings. The highest BCUT2D eigenvalue weighted by Gasteiger charge is 2.32. The molecule has 6 heteroatoms. The van der Waals surface area contributed by atoms with Crippen molar-refractivity contribution in [2.24, 2.45) is 0 Å². The fourth-order valence-electron chi connectivity index (χ4n) is 1.45. The van der Waals surface area contributed by atoms with Gasteiger partial charge in [0, 0.05) is 0 Å². The summed E-state index contributed by atoms with van der Waals surface area (Å²) in [6, 6.07) is 0. The minimum Gasteiger partial charge on any atom is -0.273 e. The van der Waals surface area contributed by atoms with Crippen molar-refractivity contribution < 1.29 is 4.79 Å². The zero-order valence-electron chi connectivity index (χ0n) is 9.00. The summed E-state index contributed by atoms with van der Waals surface area (Å²) < 4.78 is 0. The van der Waals surface area contributed by atoms with Gasteiger partial charge in [0.2, 0.25) is 11.0 Å². The van der Waals surface area contributed by atoms with Crippen molar-refractivity contribution in [3.05, 3.63) is 17.7 Å². The molecule has 1 aromatic rings. The minimum atomic E-state index is 0.0898. The first kappa shape index (κ1) is 11.6. The van der Waals surface area contributed by atoms with Crippen LogP contribution >= 0.6 is 23.1 Å². The van der Waals surface area contributed by atoms with Crippen molar-refractivity contribution in [3.63, 3.8) is 0 Å². The molecule has 0 saturated carbocycles. The molecule has 0 spiro atoms. The first-order valence-corrected chi connectivity index (χ1v) is 7.12. The van der Waals surface area contributed by atoms with Crippen LogP contribution in [0.4, 0.5) is 5.13 Å². The van der Waals surface area contributed by atoms with Crippen molar-refractivity contribution in [3.8, 4) is 0 Å². The van der Waals surface area contributed by atoms with E-state index in [0.717, 1.165) is 12.8 Å². The van der Waals surface area contributed by atoms with Gasteiger partial charge in [-0.05, 0) is 6.42 Å². The zero-order valence-corrected chi connectivity index (χ0v) is 10.6. The highest BCUT2D eigenvalue weighted by molar-refractivity contribution is 8.01. The molecule has 1 aliphatic heterocycles. The van der Waals surface area contributed by atoms with Crippen LogP contribution in [-0.4, -0.2) is 27.2 Å². The number of carbonyl (C=O) groups excluding carboxylic acids is 1. The summed E-state index contributed by atoms with van der Waals surface area (Å²) in [6.07, 6.45) is 6.39. The van der Waals surface area contributed by atoms with Crippen molar-refractivity contribution >= 4 is 34.1 Å². The Morgan fingerprint density at radius 3 is 3.25 bits per heavy atom. The van der Waals surface area contributed by atoms with E-state index in [1.54, 1.807) is 22.2 Å². The summed E-state index contributed by atoms with van der Waals surface area (Å²) in [7, 11) is 0. The topological polar surface area (TPSA) is 46.1 Å². The molecular weight excluding hydrogens is 242 g/mol. The molecule has 0 aromatic carbocycles. The maximum Gasteiger partial charge on any atom is 0.240 e. The molecule has 86 valence electrons. The van der Waals surface area contributed by atoms with Gasteiger partial charge in [0.25, 0.3) is 0 Å². The third-order valence-electron chi connectivity index (χ3n) is 2.21. The molecule has 1 fully saturated rings. The van der Waals surface area contributed by atoms with Crippen LogP contribution in [0, 0.1) is 0 Å². The van der Waals surface area contributed by atoms with Crippen molar-refractivity contribution in [1.29, 1.82) is 0 Å². The molecule has 0 aliphatic carbocycles. The van der Waals surface area contributed by atoms with Gasteiger partial charge in [-0.15, -0.1) is 22.0 Å². The number of aromatic nitrogens is 2. The number of rotatable bonds is 4. The maximum absolute atomic E-state index is 11.7. The second-order valence-corrected chi connectivity index (χ2v) is 5.32. The van der Waals surface area contributed by atoms with Crippen LogP contribution in [0.5, 0.6) is 0 Å². The lowest BCUT2D eigenvalue weighted by Gasteiger charge is -2.17. The second kappa shape index (κ2) is 5.45. The molecule has 16 heavy (non-hydrogen) atoms. The van der Waals surface area contributed by atoms with Crippen molar-refractivity contribution in [1.82, 2.24) is 10.2 Å². The van der Waals surface area contributed by atoms with Gasteiger partial charge in [0.1, 0.15) is 10.9 Å². The van der Waals surface area contributed by atoms with E-state index in [2.05, 4.69) is 29.3 Å². The third kappa shape index (κ3) is 2.44. The van der Waals surface area contributed by atoms with Gasteiger partial charge in [-0.3, -0.25) is 9.69 Å². The normalized spacial score (nSPS) is 21.2. The molecule has 1 saturated heterocycles. The Kier molecular flexibility index (Phi) is 3.95. The number of anilines is 1. The van der Waals surface area contributed by atoms with E-state index < -0.39 is 0 Å². The summed E-state index contributed by atoms with van der Waals surface area (Å²) in [5, 5.41) is 8.51. The fraction of sp³-hybridized carbons (Fsp3) is 0.500. The van der Waals surface area contributed by atoms with Gasteiger partial charge in [-0.1, -0.05) is 36.8 Å². The van der Waals surface area contributed by atoms with Crippen molar-refractivity contribution in [2.75, 3.05) is 10.7 Å². The molecular formula is C10H13N3OS2. The molecule has 0 N–H and O–H groups in total. The number of hydrogen-bond donors (Lipinski definition) is 0. The van der Waals surface area contributed by atoms with Crippen LogP contribution in [0.2, 0.25) is 0 Å². The number of thioether (sulfide) groups is 1. The first-order chi connectivity index (χ1) is 7.83. The predicted molar refractivity (Wildman–Crippen MR) is 67.7 cm³/mol. The van der Waals surface area contributed by atoms with Gasteiger partial charge in [0.15, 0.2) is 0 Å². The van der Waals surface area contributed by atoms with Crippen LogP contribution in [0.25, 0.3) is 0 Å². The number of amides is 1. The van der Waals surface area contributed by atoms with Crippen LogP contribution < -0.4 is 4.90 Å². The molecule has 2 rings (SSSR count). The van der Waals surface area contributed by atoms with Crippen LogP contribution in [-0.2, 0) is 4.79 Å². The van der Waals surface area contributed by atoms with Gasteiger partial charge in [-0.25, -0.2) is 0 Å².